The van der Waals surface area contributed by atoms with Crippen LogP contribution in [0, 0.1) is 0 Å². The highest BCUT2D eigenvalue weighted by Crippen LogP contribution is 2.19. The van der Waals surface area contributed by atoms with Gasteiger partial charge in [0.1, 0.15) is 5.75 Å². The van der Waals surface area contributed by atoms with E-state index < -0.39 is 10.9 Å². The number of allylic oxidation sites excluding steroid dienone is 1. The highest BCUT2D eigenvalue weighted by atomic mass is 32.2. The molecule has 0 saturated carbocycles. The summed E-state index contributed by atoms with van der Waals surface area (Å²) in [6, 6.07) is 6.88. The van der Waals surface area contributed by atoms with Crippen LogP contribution in [0.15, 0.2) is 36.5 Å². The van der Waals surface area contributed by atoms with E-state index in [4.69, 9.17) is 4.74 Å². The van der Waals surface area contributed by atoms with E-state index in [9.17, 15) is 8.42 Å². The molecule has 0 spiro atoms. The number of hydrogen-bond donors (Lipinski definition) is 1. The molecule has 0 aliphatic rings. The molecule has 0 fully saturated rings. The van der Waals surface area contributed by atoms with Gasteiger partial charge in [-0.3, -0.25) is 0 Å². The Balaban J connectivity index is 2.89. The first-order valence-corrected chi connectivity index (χ1v) is 6.56. The molecule has 0 aliphatic carbocycles. The molecule has 0 aromatic heterocycles. The zero-order valence-electron chi connectivity index (χ0n) is 10.00. The van der Waals surface area contributed by atoms with Crippen LogP contribution in [-0.4, -0.2) is 15.5 Å². The SMILES string of the molecule is CCCC=CN(c1ccc(OC)cc1)[SH](=O)=O. The maximum atomic E-state index is 11.1. The van der Waals surface area contributed by atoms with Crippen molar-refractivity contribution in [1.29, 1.82) is 0 Å². The van der Waals surface area contributed by atoms with Crippen molar-refractivity contribution in [2.45, 2.75) is 19.8 Å². The minimum absolute atomic E-state index is 0.606. The summed E-state index contributed by atoms with van der Waals surface area (Å²) in [5.41, 5.74) is 0.606. The number of hydrogen-bond acceptors (Lipinski definition) is 3. The van der Waals surface area contributed by atoms with Crippen molar-refractivity contribution in [1.82, 2.24) is 0 Å². The molecular weight excluding hydrogens is 238 g/mol. The largest absolute Gasteiger partial charge is 0.497 e. The van der Waals surface area contributed by atoms with Crippen LogP contribution in [0.4, 0.5) is 5.69 Å². The fourth-order valence-electron chi connectivity index (χ4n) is 1.31. The minimum Gasteiger partial charge on any atom is -0.497 e. The second kappa shape index (κ2) is 6.96. The summed E-state index contributed by atoms with van der Waals surface area (Å²) >= 11 is 0. The molecule has 0 saturated heterocycles. The quantitative estimate of drug-likeness (QED) is 0.794. The number of methoxy groups -OCH3 is 1. The highest BCUT2D eigenvalue weighted by Gasteiger charge is 2.04. The fraction of sp³-hybridized carbons (Fsp3) is 0.333. The lowest BCUT2D eigenvalue weighted by atomic mass is 10.3. The summed E-state index contributed by atoms with van der Waals surface area (Å²) in [7, 11) is -1.09. The van der Waals surface area contributed by atoms with Crippen LogP contribution in [0.2, 0.25) is 0 Å². The van der Waals surface area contributed by atoms with Gasteiger partial charge in [-0.1, -0.05) is 19.4 Å². The molecule has 0 atom stereocenters. The second-order valence-corrected chi connectivity index (χ2v) is 4.36. The summed E-state index contributed by atoms with van der Waals surface area (Å²) in [5.74, 6) is 0.701. The molecule has 17 heavy (non-hydrogen) atoms. The van der Waals surface area contributed by atoms with E-state index in [1.165, 1.54) is 4.31 Å². The molecule has 0 N–H and O–H groups in total. The van der Waals surface area contributed by atoms with Crippen molar-refractivity contribution in [3.8, 4) is 5.75 Å². The summed E-state index contributed by atoms with van der Waals surface area (Å²) in [5, 5.41) is 0. The molecule has 1 aromatic carbocycles. The van der Waals surface area contributed by atoms with Crippen molar-refractivity contribution in [3.63, 3.8) is 0 Å². The molecule has 0 unspecified atom stereocenters. The van der Waals surface area contributed by atoms with Gasteiger partial charge in [-0.2, -0.15) is 0 Å². The number of ether oxygens (including phenoxy) is 1. The zero-order chi connectivity index (χ0) is 12.7. The van der Waals surface area contributed by atoms with Gasteiger partial charge in [0.25, 0.3) is 0 Å². The Morgan fingerprint density at radius 1 is 1.29 bits per heavy atom. The lowest BCUT2D eigenvalue weighted by Gasteiger charge is -2.12. The molecule has 1 aromatic rings. The van der Waals surface area contributed by atoms with E-state index in [2.05, 4.69) is 0 Å². The number of unbranched alkanes of at least 4 members (excludes halogenated alkanes) is 1. The number of rotatable bonds is 6. The van der Waals surface area contributed by atoms with Crippen LogP contribution >= 0.6 is 0 Å². The standard InChI is InChI=1S/C12H17NO3S/c1-3-4-5-10-13(17(14)15)11-6-8-12(16-2)9-7-11/h5-10,17H,3-4H2,1-2H3. The number of anilines is 1. The first-order chi connectivity index (χ1) is 8.19. The van der Waals surface area contributed by atoms with Crippen LogP contribution < -0.4 is 9.04 Å². The van der Waals surface area contributed by atoms with Gasteiger partial charge in [-0.15, -0.1) is 0 Å². The van der Waals surface area contributed by atoms with Crippen molar-refractivity contribution >= 4 is 16.6 Å². The highest BCUT2D eigenvalue weighted by molar-refractivity contribution is 7.74. The maximum absolute atomic E-state index is 11.1. The predicted molar refractivity (Wildman–Crippen MR) is 69.8 cm³/mol. The summed E-state index contributed by atoms with van der Waals surface area (Å²) in [6.07, 6.45) is 5.27. The zero-order valence-corrected chi connectivity index (χ0v) is 10.9. The summed E-state index contributed by atoms with van der Waals surface area (Å²) < 4.78 is 28.5. The van der Waals surface area contributed by atoms with Crippen LogP contribution in [0.25, 0.3) is 0 Å². The van der Waals surface area contributed by atoms with E-state index >= 15 is 0 Å². The van der Waals surface area contributed by atoms with Gasteiger partial charge in [0.15, 0.2) is 0 Å². The van der Waals surface area contributed by atoms with Crippen molar-refractivity contribution < 1.29 is 13.2 Å². The average molecular weight is 255 g/mol. The third-order valence-corrected chi connectivity index (χ3v) is 2.93. The second-order valence-electron chi connectivity index (χ2n) is 3.45. The predicted octanol–water partition coefficient (Wildman–Crippen LogP) is 2.34. The Bertz CT molecular complexity index is 430. The molecule has 0 bridgehead atoms. The Morgan fingerprint density at radius 3 is 2.41 bits per heavy atom. The number of nitrogens with zero attached hydrogens (tertiary/aromatic N) is 1. The molecule has 4 nitrogen and oxygen atoms in total. The first-order valence-electron chi connectivity index (χ1n) is 5.43. The van der Waals surface area contributed by atoms with E-state index in [0.29, 0.717) is 11.4 Å². The fourth-order valence-corrected chi connectivity index (χ4v) is 1.84. The number of thiol groups is 1. The van der Waals surface area contributed by atoms with Gasteiger partial charge >= 0.3 is 0 Å². The Hall–Kier alpha value is -1.49. The third-order valence-electron chi connectivity index (χ3n) is 2.21. The van der Waals surface area contributed by atoms with Gasteiger partial charge in [0, 0.05) is 6.20 Å². The van der Waals surface area contributed by atoms with Gasteiger partial charge in [0.2, 0.25) is 10.9 Å². The summed E-state index contributed by atoms with van der Waals surface area (Å²) in [6.45, 7) is 2.04. The van der Waals surface area contributed by atoms with Crippen LogP contribution in [0.1, 0.15) is 19.8 Å². The third kappa shape index (κ3) is 4.11. The monoisotopic (exact) mass is 255 g/mol. The van der Waals surface area contributed by atoms with E-state index in [1.807, 2.05) is 13.0 Å². The molecule has 94 valence electrons. The molecule has 0 amide bonds. The van der Waals surface area contributed by atoms with Gasteiger partial charge in [-0.05, 0) is 30.7 Å². The van der Waals surface area contributed by atoms with E-state index in [0.717, 1.165) is 12.8 Å². The van der Waals surface area contributed by atoms with Gasteiger partial charge in [0.05, 0.1) is 12.8 Å². The van der Waals surface area contributed by atoms with Crippen molar-refractivity contribution in [3.05, 3.63) is 36.5 Å². The first kappa shape index (κ1) is 13.6. The van der Waals surface area contributed by atoms with Crippen molar-refractivity contribution in [2.75, 3.05) is 11.4 Å². The Morgan fingerprint density at radius 2 is 1.94 bits per heavy atom. The Kier molecular flexibility index (Phi) is 5.56. The molecule has 5 heteroatoms. The average Bonchev–Trinajstić information content (AvgIpc) is 2.34. The van der Waals surface area contributed by atoms with E-state index in [-0.39, 0.29) is 0 Å². The van der Waals surface area contributed by atoms with Crippen LogP contribution in [0.3, 0.4) is 0 Å². The number of benzene rings is 1. The lowest BCUT2D eigenvalue weighted by molar-refractivity contribution is 0.415. The van der Waals surface area contributed by atoms with Gasteiger partial charge in [-0.25, -0.2) is 12.7 Å². The van der Waals surface area contributed by atoms with Crippen LogP contribution in [0.5, 0.6) is 5.75 Å². The maximum Gasteiger partial charge on any atom is 0.228 e. The molecule has 0 radical (unpaired) electrons. The minimum atomic E-state index is -2.66. The molecule has 1 rings (SSSR count). The van der Waals surface area contributed by atoms with Crippen LogP contribution in [-0.2, 0) is 10.9 Å². The molecular formula is C12H17NO3S. The Labute approximate surface area is 104 Å². The smallest absolute Gasteiger partial charge is 0.228 e. The lowest BCUT2D eigenvalue weighted by Crippen LogP contribution is -2.12. The van der Waals surface area contributed by atoms with Gasteiger partial charge < -0.3 is 4.74 Å². The van der Waals surface area contributed by atoms with Crippen molar-refractivity contribution in [2.24, 2.45) is 0 Å². The summed E-state index contributed by atoms with van der Waals surface area (Å²) in [4.78, 5) is 0. The topological polar surface area (TPSA) is 46.6 Å². The normalized spacial score (nSPS) is 11.0. The molecule has 0 aliphatic heterocycles. The van der Waals surface area contributed by atoms with E-state index in [1.54, 1.807) is 37.6 Å². The molecule has 0 heterocycles.